The maximum Gasteiger partial charge on any atom is 0.236 e. The SMILES string of the molecule is Cc1ncc2c3c(oc2n1)CN(CC(=O)N1CCN(C2CCC2)CC1)CC3. The first-order valence-electron chi connectivity index (χ1n) is 10.2. The number of aryl methyl sites for hydroxylation is 1. The summed E-state index contributed by atoms with van der Waals surface area (Å²) in [5, 5.41) is 1.02. The fourth-order valence-corrected chi connectivity index (χ4v) is 4.53. The van der Waals surface area contributed by atoms with Gasteiger partial charge < -0.3 is 9.32 Å². The normalized spacial score (nSPS) is 22.0. The summed E-state index contributed by atoms with van der Waals surface area (Å²) >= 11 is 0. The van der Waals surface area contributed by atoms with Crippen LogP contribution in [-0.2, 0) is 17.8 Å². The Labute approximate surface area is 159 Å². The molecule has 1 amide bonds. The molecule has 0 unspecified atom stereocenters. The Hall–Kier alpha value is -1.99. The minimum absolute atomic E-state index is 0.249. The van der Waals surface area contributed by atoms with Crippen molar-refractivity contribution in [2.75, 3.05) is 39.3 Å². The number of carbonyl (C=O) groups is 1. The highest BCUT2D eigenvalue weighted by Gasteiger charge is 2.31. The second-order valence-corrected chi connectivity index (χ2v) is 8.10. The summed E-state index contributed by atoms with van der Waals surface area (Å²) in [6, 6.07) is 0.780. The maximum absolute atomic E-state index is 12.8. The molecule has 0 atom stereocenters. The fraction of sp³-hybridized carbons (Fsp3) is 0.650. The van der Waals surface area contributed by atoms with Gasteiger partial charge in [-0.3, -0.25) is 14.6 Å². The van der Waals surface area contributed by atoms with Gasteiger partial charge in [0.25, 0.3) is 0 Å². The van der Waals surface area contributed by atoms with Crippen molar-refractivity contribution in [2.45, 2.75) is 45.2 Å². The summed E-state index contributed by atoms with van der Waals surface area (Å²) in [5.74, 6) is 1.92. The van der Waals surface area contributed by atoms with Crippen molar-refractivity contribution < 1.29 is 9.21 Å². The average molecular weight is 369 g/mol. The zero-order valence-corrected chi connectivity index (χ0v) is 16.0. The Morgan fingerprint density at radius 3 is 2.78 bits per heavy atom. The number of hydrogen-bond acceptors (Lipinski definition) is 6. The fourth-order valence-electron chi connectivity index (χ4n) is 4.53. The van der Waals surface area contributed by atoms with Crippen LogP contribution in [0.2, 0.25) is 0 Å². The van der Waals surface area contributed by atoms with E-state index in [9.17, 15) is 4.79 Å². The summed E-state index contributed by atoms with van der Waals surface area (Å²) < 4.78 is 5.96. The number of amides is 1. The molecule has 1 aliphatic carbocycles. The molecule has 5 rings (SSSR count). The van der Waals surface area contributed by atoms with Crippen LogP contribution >= 0.6 is 0 Å². The number of piperazine rings is 1. The van der Waals surface area contributed by atoms with Gasteiger partial charge in [-0.25, -0.2) is 4.98 Å². The van der Waals surface area contributed by atoms with E-state index in [1.54, 1.807) is 0 Å². The molecular weight excluding hydrogens is 342 g/mol. The zero-order chi connectivity index (χ0) is 18.4. The van der Waals surface area contributed by atoms with E-state index in [1.165, 1.54) is 24.8 Å². The third-order valence-electron chi connectivity index (χ3n) is 6.42. The van der Waals surface area contributed by atoms with E-state index >= 15 is 0 Å². The lowest BCUT2D eigenvalue weighted by molar-refractivity contribution is -0.135. The molecule has 144 valence electrons. The molecule has 2 aromatic rings. The van der Waals surface area contributed by atoms with Crippen molar-refractivity contribution in [1.82, 2.24) is 24.7 Å². The van der Waals surface area contributed by atoms with Crippen LogP contribution < -0.4 is 0 Å². The van der Waals surface area contributed by atoms with Crippen LogP contribution in [0.3, 0.4) is 0 Å². The summed E-state index contributed by atoms with van der Waals surface area (Å²) in [5.41, 5.74) is 1.88. The summed E-state index contributed by atoms with van der Waals surface area (Å²) in [7, 11) is 0. The Kier molecular flexibility index (Phi) is 4.36. The first-order valence-corrected chi connectivity index (χ1v) is 10.2. The third kappa shape index (κ3) is 3.23. The van der Waals surface area contributed by atoms with Crippen molar-refractivity contribution in [3.8, 4) is 0 Å². The smallest absolute Gasteiger partial charge is 0.236 e. The van der Waals surface area contributed by atoms with Crippen LogP contribution in [-0.4, -0.2) is 75.9 Å². The summed E-state index contributed by atoms with van der Waals surface area (Å²) in [4.78, 5) is 28.3. The predicted octanol–water partition coefficient (Wildman–Crippen LogP) is 1.59. The van der Waals surface area contributed by atoms with Gasteiger partial charge >= 0.3 is 0 Å². The van der Waals surface area contributed by atoms with E-state index in [0.29, 0.717) is 18.8 Å². The van der Waals surface area contributed by atoms with Crippen LogP contribution in [0.15, 0.2) is 10.6 Å². The summed E-state index contributed by atoms with van der Waals surface area (Å²) in [6.07, 6.45) is 6.80. The average Bonchev–Trinajstić information content (AvgIpc) is 2.97. The van der Waals surface area contributed by atoms with E-state index in [-0.39, 0.29) is 5.91 Å². The van der Waals surface area contributed by atoms with Gasteiger partial charge in [-0.15, -0.1) is 0 Å². The van der Waals surface area contributed by atoms with Gasteiger partial charge in [-0.1, -0.05) is 6.42 Å². The topological polar surface area (TPSA) is 65.7 Å². The third-order valence-corrected chi connectivity index (χ3v) is 6.42. The first kappa shape index (κ1) is 17.1. The first-order chi connectivity index (χ1) is 13.2. The number of fused-ring (bicyclic) bond motifs is 3. The molecule has 2 aromatic heterocycles. The lowest BCUT2D eigenvalue weighted by Crippen LogP contribution is -2.55. The van der Waals surface area contributed by atoms with Crippen LogP contribution in [0, 0.1) is 6.92 Å². The van der Waals surface area contributed by atoms with Gasteiger partial charge in [0.2, 0.25) is 11.6 Å². The monoisotopic (exact) mass is 369 g/mol. The van der Waals surface area contributed by atoms with Crippen LogP contribution in [0.5, 0.6) is 0 Å². The number of furan rings is 1. The number of carbonyl (C=O) groups excluding carboxylic acids is 1. The van der Waals surface area contributed by atoms with Crippen LogP contribution in [0.1, 0.15) is 36.4 Å². The lowest BCUT2D eigenvalue weighted by atomic mass is 9.91. The number of hydrogen-bond donors (Lipinski definition) is 0. The molecule has 2 aliphatic heterocycles. The Bertz CT molecular complexity index is 851. The summed E-state index contributed by atoms with van der Waals surface area (Å²) in [6.45, 7) is 7.70. The molecular formula is C20H27N5O2. The second kappa shape index (κ2) is 6.87. The van der Waals surface area contributed by atoms with E-state index in [4.69, 9.17) is 4.42 Å². The molecule has 1 saturated carbocycles. The molecule has 1 saturated heterocycles. The number of aromatic nitrogens is 2. The molecule has 27 heavy (non-hydrogen) atoms. The molecule has 2 fully saturated rings. The van der Waals surface area contributed by atoms with E-state index in [2.05, 4.69) is 19.8 Å². The zero-order valence-electron chi connectivity index (χ0n) is 16.0. The van der Waals surface area contributed by atoms with Crippen LogP contribution in [0.25, 0.3) is 11.1 Å². The molecule has 7 heteroatoms. The van der Waals surface area contributed by atoms with Crippen molar-refractivity contribution in [3.63, 3.8) is 0 Å². The molecule has 3 aliphatic rings. The van der Waals surface area contributed by atoms with E-state index in [1.807, 2.05) is 18.0 Å². The lowest BCUT2D eigenvalue weighted by Gasteiger charge is -2.43. The van der Waals surface area contributed by atoms with Crippen molar-refractivity contribution >= 4 is 17.0 Å². The molecule has 0 N–H and O–H groups in total. The van der Waals surface area contributed by atoms with Crippen molar-refractivity contribution in [3.05, 3.63) is 23.3 Å². The quantitative estimate of drug-likeness (QED) is 0.819. The van der Waals surface area contributed by atoms with Crippen LogP contribution in [0.4, 0.5) is 0 Å². The molecule has 0 radical (unpaired) electrons. The number of rotatable bonds is 3. The predicted molar refractivity (Wildman–Crippen MR) is 101 cm³/mol. The van der Waals surface area contributed by atoms with E-state index < -0.39 is 0 Å². The van der Waals surface area contributed by atoms with Gasteiger partial charge in [0.1, 0.15) is 11.6 Å². The molecule has 0 spiro atoms. The van der Waals surface area contributed by atoms with Crippen molar-refractivity contribution in [1.29, 1.82) is 0 Å². The highest BCUT2D eigenvalue weighted by atomic mass is 16.3. The van der Waals surface area contributed by atoms with Gasteiger partial charge in [0.05, 0.1) is 18.5 Å². The largest absolute Gasteiger partial charge is 0.441 e. The molecule has 7 nitrogen and oxygen atoms in total. The highest BCUT2D eigenvalue weighted by molar-refractivity contribution is 5.80. The minimum Gasteiger partial charge on any atom is -0.441 e. The van der Waals surface area contributed by atoms with Gasteiger partial charge in [-0.2, -0.15) is 4.98 Å². The second-order valence-electron chi connectivity index (χ2n) is 8.10. The van der Waals surface area contributed by atoms with Crippen molar-refractivity contribution in [2.24, 2.45) is 0 Å². The molecule has 0 aromatic carbocycles. The minimum atomic E-state index is 0.249. The maximum atomic E-state index is 12.8. The molecule has 0 bridgehead atoms. The van der Waals surface area contributed by atoms with Gasteiger partial charge in [0.15, 0.2) is 0 Å². The Morgan fingerprint density at radius 2 is 2.04 bits per heavy atom. The Morgan fingerprint density at radius 1 is 1.22 bits per heavy atom. The van der Waals surface area contributed by atoms with Gasteiger partial charge in [0, 0.05) is 50.5 Å². The number of nitrogens with zero attached hydrogens (tertiary/aromatic N) is 5. The van der Waals surface area contributed by atoms with E-state index in [0.717, 1.165) is 62.2 Å². The Balaban J connectivity index is 1.20. The molecule has 4 heterocycles. The standard InChI is InChI=1S/C20H27N5O2/c1-14-21-11-17-16-5-6-23(12-18(16)27-20(17)22-14)13-19(26)25-9-7-24(8-10-25)15-3-2-4-15/h11,15H,2-10,12-13H2,1H3. The van der Waals surface area contributed by atoms with Gasteiger partial charge in [-0.05, 0) is 26.2 Å². The highest BCUT2D eigenvalue weighted by Crippen LogP contribution is 2.29.